The van der Waals surface area contributed by atoms with Crippen LogP contribution in [-0.4, -0.2) is 41.0 Å². The second-order valence-corrected chi connectivity index (χ2v) is 6.22. The molecule has 21 heavy (non-hydrogen) atoms. The van der Waals surface area contributed by atoms with E-state index in [1.807, 2.05) is 11.4 Å². The van der Waals surface area contributed by atoms with Crippen molar-refractivity contribution in [3.8, 4) is 0 Å². The van der Waals surface area contributed by atoms with Gasteiger partial charge in [0.25, 0.3) is 0 Å². The van der Waals surface area contributed by atoms with E-state index in [9.17, 15) is 9.59 Å². The fourth-order valence-electron chi connectivity index (χ4n) is 2.51. The van der Waals surface area contributed by atoms with Crippen molar-refractivity contribution in [3.63, 3.8) is 0 Å². The third kappa shape index (κ3) is 4.99. The summed E-state index contributed by atoms with van der Waals surface area (Å²) in [5.41, 5.74) is 0.978. The zero-order valence-electron chi connectivity index (χ0n) is 12.0. The summed E-state index contributed by atoms with van der Waals surface area (Å²) in [5.74, 6) is -0.893. The van der Waals surface area contributed by atoms with E-state index in [0.29, 0.717) is 0 Å². The maximum atomic E-state index is 11.0. The van der Waals surface area contributed by atoms with Gasteiger partial charge in [0.1, 0.15) is 0 Å². The van der Waals surface area contributed by atoms with Crippen molar-refractivity contribution < 1.29 is 14.7 Å². The molecule has 0 saturated carbocycles. The fourth-order valence-corrected chi connectivity index (χ4v) is 3.42. The van der Waals surface area contributed by atoms with Gasteiger partial charge in [-0.15, -0.1) is 11.3 Å². The first-order chi connectivity index (χ1) is 10.0. The molecule has 2 rings (SSSR count). The fraction of sp³-hybridized carbons (Fsp3) is 0.467. The third-order valence-corrected chi connectivity index (χ3v) is 4.47. The Labute approximate surface area is 128 Å². The molecule has 1 aliphatic heterocycles. The molecule has 6 heteroatoms. The highest BCUT2D eigenvalue weighted by molar-refractivity contribution is 7.10. The average Bonchev–Trinajstić information content (AvgIpc) is 2.85. The van der Waals surface area contributed by atoms with E-state index in [4.69, 9.17) is 5.11 Å². The molecular formula is C15H20N2O3S. The zero-order valence-corrected chi connectivity index (χ0v) is 12.9. The number of carbonyl (C=O) groups excluding carboxylic acids is 1. The van der Waals surface area contributed by atoms with E-state index < -0.39 is 5.97 Å². The largest absolute Gasteiger partial charge is 0.478 e. The van der Waals surface area contributed by atoms with E-state index in [2.05, 4.69) is 10.2 Å². The molecule has 0 aromatic carbocycles. The molecule has 0 bridgehead atoms. The van der Waals surface area contributed by atoms with Gasteiger partial charge in [-0.25, -0.2) is 4.79 Å². The summed E-state index contributed by atoms with van der Waals surface area (Å²) in [6.07, 6.45) is 4.75. The molecule has 1 aliphatic rings. The number of aliphatic carboxylic acids is 1. The number of nitrogens with zero attached hydrogens (tertiary/aromatic N) is 1. The van der Waals surface area contributed by atoms with E-state index in [0.717, 1.165) is 38.0 Å². The topological polar surface area (TPSA) is 69.6 Å². The van der Waals surface area contributed by atoms with Crippen LogP contribution >= 0.6 is 11.3 Å². The Morgan fingerprint density at radius 2 is 2.19 bits per heavy atom. The molecule has 2 heterocycles. The average molecular weight is 308 g/mol. The lowest BCUT2D eigenvalue weighted by atomic mass is 10.0. The maximum Gasteiger partial charge on any atom is 0.328 e. The lowest BCUT2D eigenvalue weighted by Gasteiger charge is -2.32. The molecular weight excluding hydrogens is 288 g/mol. The van der Waals surface area contributed by atoms with Gasteiger partial charge < -0.3 is 10.4 Å². The number of rotatable bonds is 5. The van der Waals surface area contributed by atoms with Crippen LogP contribution < -0.4 is 5.32 Å². The van der Waals surface area contributed by atoms with E-state index in [1.54, 1.807) is 24.3 Å². The maximum absolute atomic E-state index is 11.0. The van der Waals surface area contributed by atoms with Crippen molar-refractivity contribution in [3.05, 3.63) is 28.0 Å². The highest BCUT2D eigenvalue weighted by atomic mass is 32.1. The molecule has 0 unspecified atom stereocenters. The summed E-state index contributed by atoms with van der Waals surface area (Å²) in [7, 11) is 0. The minimum absolute atomic E-state index is 0.0350. The minimum atomic E-state index is -0.928. The molecule has 5 nitrogen and oxygen atoms in total. The molecule has 1 fully saturated rings. The lowest BCUT2D eigenvalue weighted by molar-refractivity contribution is -0.131. The summed E-state index contributed by atoms with van der Waals surface area (Å²) in [5, 5.41) is 13.7. The normalized spacial score (nSPS) is 17.2. The summed E-state index contributed by atoms with van der Waals surface area (Å²) < 4.78 is 0. The van der Waals surface area contributed by atoms with Crippen LogP contribution in [0.15, 0.2) is 17.5 Å². The van der Waals surface area contributed by atoms with Gasteiger partial charge in [0.2, 0.25) is 5.91 Å². The molecule has 114 valence electrons. The van der Waals surface area contributed by atoms with Gasteiger partial charge >= 0.3 is 5.97 Å². The van der Waals surface area contributed by atoms with Crippen molar-refractivity contribution in [2.75, 3.05) is 13.1 Å². The van der Waals surface area contributed by atoms with Gasteiger partial charge in [-0.3, -0.25) is 9.69 Å². The van der Waals surface area contributed by atoms with Gasteiger partial charge in [0.05, 0.1) is 0 Å². The highest BCUT2D eigenvalue weighted by Crippen LogP contribution is 2.22. The molecule has 1 amide bonds. The Morgan fingerprint density at radius 1 is 1.48 bits per heavy atom. The van der Waals surface area contributed by atoms with Gasteiger partial charge in [-0.1, -0.05) is 0 Å². The van der Waals surface area contributed by atoms with Crippen LogP contribution in [0.3, 0.4) is 0 Å². The van der Waals surface area contributed by atoms with E-state index >= 15 is 0 Å². The molecule has 1 aromatic rings. The van der Waals surface area contributed by atoms with Crippen LogP contribution in [0.2, 0.25) is 0 Å². The Kier molecular flexibility index (Phi) is 5.52. The quantitative estimate of drug-likeness (QED) is 0.816. The van der Waals surface area contributed by atoms with Gasteiger partial charge in [-0.2, -0.15) is 0 Å². The zero-order chi connectivity index (χ0) is 15.2. The number of piperidine rings is 1. The summed E-state index contributed by atoms with van der Waals surface area (Å²) in [6.45, 7) is 4.29. The molecule has 0 radical (unpaired) electrons. The smallest absolute Gasteiger partial charge is 0.328 e. The number of nitrogens with one attached hydrogen (secondary N) is 1. The Morgan fingerprint density at radius 3 is 2.81 bits per heavy atom. The SMILES string of the molecule is CC(=O)NC1CCN(Cc2sccc2/C=C/C(=O)O)CC1. The number of carboxylic acids is 1. The van der Waals surface area contributed by atoms with Crippen LogP contribution in [0.4, 0.5) is 0 Å². The Hall–Kier alpha value is -1.66. The first-order valence-electron chi connectivity index (χ1n) is 7.01. The predicted octanol–water partition coefficient (Wildman–Crippen LogP) is 1.95. The molecule has 1 aromatic heterocycles. The van der Waals surface area contributed by atoms with Crippen molar-refractivity contribution in [2.45, 2.75) is 32.4 Å². The summed E-state index contributed by atoms with van der Waals surface area (Å²) >= 11 is 1.65. The van der Waals surface area contributed by atoms with Crippen molar-refractivity contribution >= 4 is 29.3 Å². The van der Waals surface area contributed by atoms with Crippen LogP contribution in [0.25, 0.3) is 6.08 Å². The molecule has 1 saturated heterocycles. The standard InChI is InChI=1S/C15H20N2O3S/c1-11(18)16-13-4-7-17(8-5-13)10-14-12(6-9-21-14)2-3-15(19)20/h2-3,6,9,13H,4-5,7-8,10H2,1H3,(H,16,18)(H,19,20)/b3-2+. The molecule has 0 atom stereocenters. The van der Waals surface area contributed by atoms with Crippen LogP contribution in [0.1, 0.15) is 30.2 Å². The van der Waals surface area contributed by atoms with E-state index in [-0.39, 0.29) is 11.9 Å². The first kappa shape index (κ1) is 15.7. The molecule has 0 spiro atoms. The predicted molar refractivity (Wildman–Crippen MR) is 83.1 cm³/mol. The molecule has 2 N–H and O–H groups in total. The molecule has 0 aliphatic carbocycles. The second-order valence-electron chi connectivity index (χ2n) is 5.22. The van der Waals surface area contributed by atoms with Crippen LogP contribution in [-0.2, 0) is 16.1 Å². The second kappa shape index (κ2) is 7.38. The number of thiophene rings is 1. The minimum Gasteiger partial charge on any atom is -0.478 e. The number of carbonyl (C=O) groups is 2. The first-order valence-corrected chi connectivity index (χ1v) is 7.89. The number of hydrogen-bond donors (Lipinski definition) is 2. The Balaban J connectivity index is 1.88. The van der Waals surface area contributed by atoms with Gasteiger partial charge in [0.15, 0.2) is 0 Å². The number of hydrogen-bond acceptors (Lipinski definition) is 4. The Bertz CT molecular complexity index is 531. The van der Waals surface area contributed by atoms with Crippen LogP contribution in [0, 0.1) is 0 Å². The number of likely N-dealkylation sites (tertiary alicyclic amines) is 1. The highest BCUT2D eigenvalue weighted by Gasteiger charge is 2.20. The summed E-state index contributed by atoms with van der Waals surface area (Å²) in [6, 6.07) is 2.23. The van der Waals surface area contributed by atoms with Crippen molar-refractivity contribution in [1.29, 1.82) is 0 Å². The number of amides is 1. The van der Waals surface area contributed by atoms with Gasteiger partial charge in [0, 0.05) is 43.6 Å². The monoisotopic (exact) mass is 308 g/mol. The van der Waals surface area contributed by atoms with Crippen LogP contribution in [0.5, 0.6) is 0 Å². The van der Waals surface area contributed by atoms with Gasteiger partial charge in [-0.05, 0) is 35.9 Å². The lowest BCUT2D eigenvalue weighted by Crippen LogP contribution is -2.43. The van der Waals surface area contributed by atoms with Crippen molar-refractivity contribution in [1.82, 2.24) is 10.2 Å². The summed E-state index contributed by atoms with van der Waals surface area (Å²) in [4.78, 5) is 25.2. The third-order valence-electron chi connectivity index (χ3n) is 3.55. The van der Waals surface area contributed by atoms with Crippen molar-refractivity contribution in [2.24, 2.45) is 0 Å². The number of carboxylic acid groups (broad SMARTS) is 1. The van der Waals surface area contributed by atoms with E-state index in [1.165, 1.54) is 11.0 Å².